The summed E-state index contributed by atoms with van der Waals surface area (Å²) < 4.78 is 0. The maximum atomic E-state index is 12.4. The molecule has 2 aromatic carbocycles. The highest BCUT2D eigenvalue weighted by Crippen LogP contribution is 2.26. The minimum atomic E-state index is -1.07. The summed E-state index contributed by atoms with van der Waals surface area (Å²) in [6.07, 6.45) is 0. The molecule has 1 heterocycles. The summed E-state index contributed by atoms with van der Waals surface area (Å²) in [5.74, 6) is -2.68. The lowest BCUT2D eigenvalue weighted by Gasteiger charge is -2.23. The average Bonchev–Trinajstić information content (AvgIpc) is 2.49. The fourth-order valence-electron chi connectivity index (χ4n) is 2.36. The number of anilines is 1. The van der Waals surface area contributed by atoms with Gasteiger partial charge in [0.1, 0.15) is 5.92 Å². The van der Waals surface area contributed by atoms with E-state index in [4.69, 9.17) is 11.6 Å². The first-order valence-electron chi connectivity index (χ1n) is 6.57. The molecule has 2 N–H and O–H groups in total. The average molecular weight is 315 g/mol. The number of halogens is 1. The van der Waals surface area contributed by atoms with E-state index in [1.54, 1.807) is 48.5 Å². The molecule has 1 aliphatic rings. The summed E-state index contributed by atoms with van der Waals surface area (Å²) in [7, 11) is 0. The van der Waals surface area contributed by atoms with E-state index in [0.717, 1.165) is 0 Å². The molecule has 2 aromatic rings. The zero-order chi connectivity index (χ0) is 15.7. The van der Waals surface area contributed by atoms with Crippen LogP contribution in [0.5, 0.6) is 0 Å². The van der Waals surface area contributed by atoms with E-state index in [1.165, 1.54) is 0 Å². The third-order valence-corrected chi connectivity index (χ3v) is 3.64. The van der Waals surface area contributed by atoms with Crippen LogP contribution in [0.25, 0.3) is 0 Å². The first-order chi connectivity index (χ1) is 10.6. The van der Waals surface area contributed by atoms with Crippen molar-refractivity contribution in [1.82, 2.24) is 5.32 Å². The summed E-state index contributed by atoms with van der Waals surface area (Å²) >= 11 is 5.79. The molecule has 0 aromatic heterocycles. The van der Waals surface area contributed by atoms with Gasteiger partial charge in [-0.05, 0) is 35.9 Å². The molecule has 6 heteroatoms. The maximum Gasteiger partial charge on any atom is 0.258 e. The van der Waals surface area contributed by atoms with Gasteiger partial charge in [-0.3, -0.25) is 19.7 Å². The summed E-state index contributed by atoms with van der Waals surface area (Å²) in [6, 6.07) is 13.1. The number of hydrogen-bond donors (Lipinski definition) is 2. The Morgan fingerprint density at radius 3 is 2.45 bits per heavy atom. The Kier molecular flexibility index (Phi) is 3.65. The van der Waals surface area contributed by atoms with E-state index >= 15 is 0 Å². The van der Waals surface area contributed by atoms with Crippen molar-refractivity contribution in [2.24, 2.45) is 0 Å². The summed E-state index contributed by atoms with van der Waals surface area (Å²) in [6.45, 7) is 0. The van der Waals surface area contributed by atoms with Crippen molar-refractivity contribution in [3.8, 4) is 0 Å². The van der Waals surface area contributed by atoms with Crippen molar-refractivity contribution in [1.29, 1.82) is 0 Å². The highest BCUT2D eigenvalue weighted by atomic mass is 35.5. The number of hydrogen-bond acceptors (Lipinski definition) is 3. The van der Waals surface area contributed by atoms with Crippen LogP contribution in [0.3, 0.4) is 0 Å². The third kappa shape index (κ3) is 2.58. The Hall–Kier alpha value is -2.66. The van der Waals surface area contributed by atoms with Gasteiger partial charge in [0.2, 0.25) is 11.8 Å². The number of amides is 3. The molecule has 3 amide bonds. The van der Waals surface area contributed by atoms with E-state index in [2.05, 4.69) is 10.6 Å². The number of carbonyl (C=O) groups is 3. The Morgan fingerprint density at radius 1 is 1.05 bits per heavy atom. The van der Waals surface area contributed by atoms with Crippen molar-refractivity contribution in [3.63, 3.8) is 0 Å². The molecule has 0 aliphatic carbocycles. The Labute approximate surface area is 131 Å². The minimum Gasteiger partial charge on any atom is -0.325 e. The van der Waals surface area contributed by atoms with Gasteiger partial charge in [-0.25, -0.2) is 0 Å². The van der Waals surface area contributed by atoms with Gasteiger partial charge in [-0.15, -0.1) is 0 Å². The molecule has 0 saturated heterocycles. The van der Waals surface area contributed by atoms with Gasteiger partial charge in [0.15, 0.2) is 0 Å². The first kappa shape index (κ1) is 14.3. The lowest BCUT2D eigenvalue weighted by molar-refractivity contribution is -0.128. The second kappa shape index (κ2) is 5.61. The number of fused-ring (bicyclic) bond motifs is 1. The van der Waals surface area contributed by atoms with Gasteiger partial charge in [-0.1, -0.05) is 29.8 Å². The molecule has 5 nitrogen and oxygen atoms in total. The monoisotopic (exact) mass is 314 g/mol. The van der Waals surface area contributed by atoms with Gasteiger partial charge in [-0.2, -0.15) is 0 Å². The number of nitrogens with one attached hydrogen (secondary N) is 2. The fourth-order valence-corrected chi connectivity index (χ4v) is 2.48. The number of carbonyl (C=O) groups excluding carboxylic acids is 3. The van der Waals surface area contributed by atoms with Crippen molar-refractivity contribution in [2.75, 3.05) is 5.32 Å². The molecule has 0 bridgehead atoms. The molecular formula is C16H11ClN2O3. The molecule has 1 atom stereocenters. The molecule has 0 unspecified atom stereocenters. The van der Waals surface area contributed by atoms with Crippen LogP contribution in [0.2, 0.25) is 5.02 Å². The topological polar surface area (TPSA) is 75.3 Å². The van der Waals surface area contributed by atoms with Crippen LogP contribution in [-0.2, 0) is 9.59 Å². The molecule has 110 valence electrons. The zero-order valence-electron chi connectivity index (χ0n) is 11.3. The highest BCUT2D eigenvalue weighted by molar-refractivity contribution is 6.30. The molecular weight excluding hydrogens is 304 g/mol. The van der Waals surface area contributed by atoms with E-state index in [-0.39, 0.29) is 0 Å². The van der Waals surface area contributed by atoms with Gasteiger partial charge in [0.25, 0.3) is 5.91 Å². The van der Waals surface area contributed by atoms with Crippen molar-refractivity contribution in [2.45, 2.75) is 5.92 Å². The van der Waals surface area contributed by atoms with Crippen molar-refractivity contribution >= 4 is 35.0 Å². The van der Waals surface area contributed by atoms with Crippen molar-refractivity contribution in [3.05, 3.63) is 64.7 Å². The van der Waals surface area contributed by atoms with Crippen LogP contribution in [-0.4, -0.2) is 17.7 Å². The van der Waals surface area contributed by atoms with Crippen LogP contribution < -0.4 is 10.6 Å². The summed E-state index contributed by atoms with van der Waals surface area (Å²) in [4.78, 5) is 36.2. The molecule has 0 spiro atoms. The molecule has 0 radical (unpaired) electrons. The number of benzene rings is 2. The Morgan fingerprint density at radius 2 is 1.73 bits per heavy atom. The van der Waals surface area contributed by atoms with Crippen LogP contribution in [0.4, 0.5) is 5.69 Å². The van der Waals surface area contributed by atoms with Crippen LogP contribution in [0.1, 0.15) is 21.8 Å². The normalized spacial score (nSPS) is 16.7. The number of imide groups is 1. The number of rotatable bonds is 2. The lowest BCUT2D eigenvalue weighted by Crippen LogP contribution is -2.44. The smallest absolute Gasteiger partial charge is 0.258 e. The SMILES string of the molecule is O=C1NC(=O)[C@@H](C(=O)Nc2ccc(Cl)cc2)c2ccccc21. The standard InChI is InChI=1S/C16H11ClN2O3/c17-9-5-7-10(8-6-9)18-15(21)13-11-3-1-2-4-12(11)14(20)19-16(13)22/h1-8,13H,(H,18,21)(H,19,20,22)/t13-/m1/s1. The first-order valence-corrected chi connectivity index (χ1v) is 6.94. The summed E-state index contributed by atoms with van der Waals surface area (Å²) in [5, 5.41) is 5.40. The van der Waals surface area contributed by atoms with E-state index in [9.17, 15) is 14.4 Å². The van der Waals surface area contributed by atoms with Gasteiger partial charge >= 0.3 is 0 Å². The zero-order valence-corrected chi connectivity index (χ0v) is 12.1. The molecule has 1 aliphatic heterocycles. The van der Waals surface area contributed by atoms with Gasteiger partial charge in [0.05, 0.1) is 0 Å². The Bertz CT molecular complexity index is 771. The second-order valence-corrected chi connectivity index (χ2v) is 5.27. The van der Waals surface area contributed by atoms with Crippen molar-refractivity contribution < 1.29 is 14.4 Å². The largest absolute Gasteiger partial charge is 0.325 e. The Balaban J connectivity index is 1.91. The van der Waals surface area contributed by atoms with E-state index in [0.29, 0.717) is 21.8 Å². The fraction of sp³-hybridized carbons (Fsp3) is 0.0625. The predicted molar refractivity (Wildman–Crippen MR) is 81.7 cm³/mol. The van der Waals surface area contributed by atoms with Crippen LogP contribution in [0.15, 0.2) is 48.5 Å². The second-order valence-electron chi connectivity index (χ2n) is 4.83. The minimum absolute atomic E-state index is 0.332. The third-order valence-electron chi connectivity index (χ3n) is 3.39. The lowest BCUT2D eigenvalue weighted by atomic mass is 9.89. The summed E-state index contributed by atoms with van der Waals surface area (Å²) in [5.41, 5.74) is 1.26. The van der Waals surface area contributed by atoms with Crippen LogP contribution in [0, 0.1) is 0 Å². The molecule has 0 saturated carbocycles. The highest BCUT2D eigenvalue weighted by Gasteiger charge is 2.37. The molecule has 22 heavy (non-hydrogen) atoms. The maximum absolute atomic E-state index is 12.4. The molecule has 3 rings (SSSR count). The van der Waals surface area contributed by atoms with E-state index in [1.807, 2.05) is 0 Å². The quantitative estimate of drug-likeness (QED) is 0.660. The predicted octanol–water partition coefficient (Wildman–Crippen LogP) is 2.33. The van der Waals surface area contributed by atoms with E-state index < -0.39 is 23.6 Å². The molecule has 0 fully saturated rings. The van der Waals surface area contributed by atoms with Gasteiger partial charge in [0, 0.05) is 16.3 Å². The van der Waals surface area contributed by atoms with Gasteiger partial charge < -0.3 is 5.32 Å². The van der Waals surface area contributed by atoms with Crippen LogP contribution >= 0.6 is 11.6 Å².